The lowest BCUT2D eigenvalue weighted by atomic mass is 9.43. The Morgan fingerprint density at radius 2 is 1.86 bits per heavy atom. The fourth-order valence-electron chi connectivity index (χ4n) is 9.33. The van der Waals surface area contributed by atoms with Gasteiger partial charge in [-0.2, -0.15) is 0 Å². The van der Waals surface area contributed by atoms with E-state index < -0.39 is 5.60 Å². The smallest absolute Gasteiger partial charge is 0.331 e. The van der Waals surface area contributed by atoms with E-state index in [-0.39, 0.29) is 34.8 Å². The summed E-state index contributed by atoms with van der Waals surface area (Å²) in [5, 5.41) is 12.3. The van der Waals surface area contributed by atoms with Gasteiger partial charge in [0.2, 0.25) is 0 Å². The zero-order valence-corrected chi connectivity index (χ0v) is 22.2. The molecule has 4 saturated carbocycles. The number of hydrogen-bond acceptors (Lipinski definition) is 6. The number of ether oxygens (including phenoxy) is 2. The molecule has 6 nitrogen and oxygen atoms in total. The zero-order chi connectivity index (χ0) is 25.0. The van der Waals surface area contributed by atoms with E-state index in [0.717, 1.165) is 76.5 Å². The van der Waals surface area contributed by atoms with Crippen molar-refractivity contribution in [2.45, 2.75) is 97.2 Å². The van der Waals surface area contributed by atoms with Crippen LogP contribution in [0, 0.1) is 34.5 Å². The second-order valence-electron chi connectivity index (χ2n) is 12.6. The van der Waals surface area contributed by atoms with Gasteiger partial charge in [0, 0.05) is 11.5 Å². The number of carbonyl (C=O) groups is 2. The number of aliphatic hydroxyl groups is 1. The van der Waals surface area contributed by atoms with E-state index in [1.165, 1.54) is 0 Å². The molecular weight excluding hydrogens is 442 g/mol. The molecule has 1 aliphatic heterocycles. The standard InChI is InChI=1S/C29H45NO5/c1-5-30(6-2)17-26(32)35-21-9-12-27(3)20(16-21)7-8-24-23(27)10-13-28(4)22(11-14-29(24,28)33)19-15-25(31)34-18-19/h15,20-24,33H,5-14,16-18H2,1-4H3/t20-,21+,22-,23+,24-,27+,28-,29+/m1/s1. The van der Waals surface area contributed by atoms with Crippen molar-refractivity contribution in [1.29, 1.82) is 0 Å². The molecule has 0 saturated heterocycles. The van der Waals surface area contributed by atoms with Crippen LogP contribution in [0.2, 0.25) is 0 Å². The molecule has 0 bridgehead atoms. The average molecular weight is 488 g/mol. The lowest BCUT2D eigenvalue weighted by Crippen LogP contribution is -2.62. The van der Waals surface area contributed by atoms with Gasteiger partial charge in [0.1, 0.15) is 12.7 Å². The van der Waals surface area contributed by atoms with Crippen LogP contribution >= 0.6 is 0 Å². The summed E-state index contributed by atoms with van der Waals surface area (Å²) in [7, 11) is 0. The van der Waals surface area contributed by atoms with Crippen LogP contribution in [-0.2, 0) is 19.1 Å². The number of nitrogens with zero attached hydrogens (tertiary/aromatic N) is 1. The van der Waals surface area contributed by atoms with E-state index >= 15 is 0 Å². The molecule has 0 spiro atoms. The predicted molar refractivity (Wildman–Crippen MR) is 133 cm³/mol. The molecule has 4 aliphatic carbocycles. The molecule has 0 unspecified atom stereocenters. The Labute approximate surface area is 210 Å². The first-order chi connectivity index (χ1) is 16.6. The molecule has 0 amide bonds. The summed E-state index contributed by atoms with van der Waals surface area (Å²) < 4.78 is 11.2. The van der Waals surface area contributed by atoms with Crippen LogP contribution in [0.3, 0.4) is 0 Å². The van der Waals surface area contributed by atoms with Crippen molar-refractivity contribution >= 4 is 11.9 Å². The molecule has 0 aromatic rings. The van der Waals surface area contributed by atoms with Gasteiger partial charge in [-0.3, -0.25) is 9.69 Å². The first-order valence-electron chi connectivity index (χ1n) is 14.2. The van der Waals surface area contributed by atoms with Gasteiger partial charge in [0.25, 0.3) is 0 Å². The number of carbonyl (C=O) groups excluding carboxylic acids is 2. The number of rotatable bonds is 6. The Hall–Kier alpha value is -1.40. The van der Waals surface area contributed by atoms with Crippen LogP contribution in [0.5, 0.6) is 0 Å². The summed E-state index contributed by atoms with van der Waals surface area (Å²) in [5.41, 5.74) is 0.437. The summed E-state index contributed by atoms with van der Waals surface area (Å²) in [6.45, 7) is 11.4. The van der Waals surface area contributed by atoms with Crippen LogP contribution < -0.4 is 0 Å². The van der Waals surface area contributed by atoms with Gasteiger partial charge >= 0.3 is 11.9 Å². The molecule has 8 atom stereocenters. The quantitative estimate of drug-likeness (QED) is 0.556. The Bertz CT molecular complexity index is 882. The molecule has 0 aromatic carbocycles. The monoisotopic (exact) mass is 487 g/mol. The third kappa shape index (κ3) is 3.98. The average Bonchev–Trinajstić information content (AvgIpc) is 3.37. The molecular formula is C29H45NO5. The van der Waals surface area contributed by atoms with E-state index in [1.807, 2.05) is 0 Å². The maximum Gasteiger partial charge on any atom is 0.331 e. The van der Waals surface area contributed by atoms with Crippen LogP contribution in [0.15, 0.2) is 11.6 Å². The molecule has 5 rings (SSSR count). The van der Waals surface area contributed by atoms with Crippen molar-refractivity contribution in [2.75, 3.05) is 26.2 Å². The Balaban J connectivity index is 1.28. The largest absolute Gasteiger partial charge is 0.461 e. The van der Waals surface area contributed by atoms with Gasteiger partial charge in [-0.05, 0) is 106 Å². The molecule has 5 aliphatic rings. The molecule has 4 fully saturated rings. The van der Waals surface area contributed by atoms with Gasteiger partial charge in [-0.15, -0.1) is 0 Å². The number of fused-ring (bicyclic) bond motifs is 5. The normalized spacial score (nSPS) is 44.8. The van der Waals surface area contributed by atoms with Crippen LogP contribution in [0.4, 0.5) is 0 Å². The minimum atomic E-state index is -0.673. The van der Waals surface area contributed by atoms with Crippen LogP contribution in [-0.4, -0.2) is 59.9 Å². The summed E-state index contributed by atoms with van der Waals surface area (Å²) in [4.78, 5) is 26.4. The van der Waals surface area contributed by atoms with Gasteiger partial charge in [-0.1, -0.05) is 27.7 Å². The lowest BCUT2D eigenvalue weighted by molar-refractivity contribution is -0.210. The highest BCUT2D eigenvalue weighted by molar-refractivity contribution is 5.85. The topological polar surface area (TPSA) is 76.1 Å². The van der Waals surface area contributed by atoms with Crippen molar-refractivity contribution in [1.82, 2.24) is 4.90 Å². The molecule has 6 heteroatoms. The SMILES string of the molecule is CCN(CC)CC(=O)O[C@H]1CC[C@@]2(C)[C@H](CC[C@@H]3[C@@H]2CC[C@]2(C)[C@@H](C4=CC(=O)OC4)CC[C@]32O)C1. The lowest BCUT2D eigenvalue weighted by Gasteiger charge is -2.63. The van der Waals surface area contributed by atoms with E-state index in [2.05, 4.69) is 32.6 Å². The van der Waals surface area contributed by atoms with Gasteiger partial charge in [-0.25, -0.2) is 4.79 Å². The van der Waals surface area contributed by atoms with E-state index in [4.69, 9.17) is 9.47 Å². The van der Waals surface area contributed by atoms with Crippen LogP contribution in [0.1, 0.15) is 85.5 Å². The van der Waals surface area contributed by atoms with E-state index in [0.29, 0.717) is 30.9 Å². The predicted octanol–water partition coefficient (Wildman–Crippen LogP) is 4.50. The van der Waals surface area contributed by atoms with Crippen molar-refractivity contribution < 1.29 is 24.2 Å². The summed E-state index contributed by atoms with van der Waals surface area (Å²) in [5.74, 6) is 1.31. The molecule has 1 N–H and O–H groups in total. The third-order valence-electron chi connectivity index (χ3n) is 11.5. The van der Waals surface area contributed by atoms with E-state index in [1.54, 1.807) is 6.08 Å². The van der Waals surface area contributed by atoms with Gasteiger partial charge < -0.3 is 14.6 Å². The zero-order valence-electron chi connectivity index (χ0n) is 22.2. The Morgan fingerprint density at radius 3 is 2.54 bits per heavy atom. The molecule has 196 valence electrons. The Kier molecular flexibility index (Phi) is 6.61. The van der Waals surface area contributed by atoms with Gasteiger partial charge in [0.05, 0.1) is 12.1 Å². The van der Waals surface area contributed by atoms with Crippen molar-refractivity contribution in [3.63, 3.8) is 0 Å². The summed E-state index contributed by atoms with van der Waals surface area (Å²) in [6, 6.07) is 0. The Morgan fingerprint density at radius 1 is 1.09 bits per heavy atom. The van der Waals surface area contributed by atoms with E-state index in [9.17, 15) is 14.7 Å². The summed E-state index contributed by atoms with van der Waals surface area (Å²) >= 11 is 0. The van der Waals surface area contributed by atoms with Gasteiger partial charge in [0.15, 0.2) is 0 Å². The first kappa shape index (κ1) is 25.3. The second kappa shape index (κ2) is 9.16. The highest BCUT2D eigenvalue weighted by Crippen LogP contribution is 2.70. The molecule has 0 radical (unpaired) electrons. The fourth-order valence-corrected chi connectivity index (χ4v) is 9.33. The van der Waals surface area contributed by atoms with Crippen LogP contribution in [0.25, 0.3) is 0 Å². The fraction of sp³-hybridized carbons (Fsp3) is 0.862. The molecule has 35 heavy (non-hydrogen) atoms. The summed E-state index contributed by atoms with van der Waals surface area (Å²) in [6.07, 6.45) is 10.8. The third-order valence-corrected chi connectivity index (χ3v) is 11.5. The maximum absolute atomic E-state index is 12.5. The highest BCUT2D eigenvalue weighted by Gasteiger charge is 2.67. The molecule has 1 heterocycles. The van der Waals surface area contributed by atoms with Crippen molar-refractivity contribution in [2.24, 2.45) is 34.5 Å². The molecule has 0 aromatic heterocycles. The number of cyclic esters (lactones) is 1. The minimum absolute atomic E-state index is 0.0346. The number of likely N-dealkylation sites (N-methyl/N-ethyl adjacent to an activating group) is 1. The van der Waals surface area contributed by atoms with Crippen molar-refractivity contribution in [3.8, 4) is 0 Å². The number of hydrogen-bond donors (Lipinski definition) is 1. The highest BCUT2D eigenvalue weighted by atomic mass is 16.5. The number of esters is 2. The first-order valence-corrected chi connectivity index (χ1v) is 14.2. The second-order valence-corrected chi connectivity index (χ2v) is 12.6. The minimum Gasteiger partial charge on any atom is -0.461 e. The van der Waals surface area contributed by atoms with Crippen molar-refractivity contribution in [3.05, 3.63) is 11.6 Å². The maximum atomic E-state index is 12.5.